The average molecular weight is 307 g/mol. The lowest BCUT2D eigenvalue weighted by atomic mass is 9.76. The number of rotatable bonds is 5. The highest BCUT2D eigenvalue weighted by molar-refractivity contribution is 6.31. The Labute approximate surface area is 131 Å². The molecular formula is C17H23ClN2O. The quantitative estimate of drug-likeness (QED) is 0.906. The fourth-order valence-electron chi connectivity index (χ4n) is 3.35. The minimum atomic E-state index is 0.307. The molecule has 1 aliphatic heterocycles. The van der Waals surface area contributed by atoms with Crippen LogP contribution in [-0.4, -0.2) is 36.5 Å². The van der Waals surface area contributed by atoms with Crippen LogP contribution in [0.15, 0.2) is 24.3 Å². The zero-order valence-electron chi connectivity index (χ0n) is 12.4. The molecule has 1 aliphatic carbocycles. The lowest BCUT2D eigenvalue weighted by molar-refractivity contribution is -0.130. The molecule has 0 spiro atoms. The van der Waals surface area contributed by atoms with E-state index < -0.39 is 0 Å². The van der Waals surface area contributed by atoms with Crippen molar-refractivity contribution < 1.29 is 4.79 Å². The van der Waals surface area contributed by atoms with Crippen LogP contribution in [0.2, 0.25) is 5.02 Å². The Balaban J connectivity index is 1.36. The normalized spacial score (nSPS) is 24.9. The summed E-state index contributed by atoms with van der Waals surface area (Å²) in [6, 6.07) is 8.66. The molecule has 1 saturated carbocycles. The third-order valence-electron chi connectivity index (χ3n) is 4.71. The average Bonchev–Trinajstić information content (AvgIpc) is 2.96. The number of carbonyl (C=O) groups is 1. The largest absolute Gasteiger partial charge is 0.343 e. The van der Waals surface area contributed by atoms with Crippen molar-refractivity contribution in [2.24, 2.45) is 0 Å². The van der Waals surface area contributed by atoms with E-state index >= 15 is 0 Å². The number of benzene rings is 1. The highest BCUT2D eigenvalue weighted by Crippen LogP contribution is 2.39. The van der Waals surface area contributed by atoms with Crippen molar-refractivity contribution in [2.75, 3.05) is 19.6 Å². The van der Waals surface area contributed by atoms with E-state index in [9.17, 15) is 4.79 Å². The molecule has 3 rings (SSSR count). The van der Waals surface area contributed by atoms with Crippen LogP contribution in [0.3, 0.4) is 0 Å². The Morgan fingerprint density at radius 2 is 1.95 bits per heavy atom. The maximum atomic E-state index is 11.9. The van der Waals surface area contributed by atoms with Gasteiger partial charge in [0.25, 0.3) is 0 Å². The number of halogens is 1. The Kier molecular flexibility index (Phi) is 4.81. The first kappa shape index (κ1) is 14.9. The minimum Gasteiger partial charge on any atom is -0.343 e. The van der Waals surface area contributed by atoms with Crippen LogP contribution in [0.5, 0.6) is 0 Å². The first-order valence-corrected chi connectivity index (χ1v) is 8.37. The third kappa shape index (κ3) is 3.58. The topological polar surface area (TPSA) is 32.3 Å². The summed E-state index contributed by atoms with van der Waals surface area (Å²) in [7, 11) is 0. The fraction of sp³-hybridized carbons (Fsp3) is 0.588. The van der Waals surface area contributed by atoms with Gasteiger partial charge in [0.05, 0.1) is 0 Å². The van der Waals surface area contributed by atoms with E-state index in [4.69, 9.17) is 11.6 Å². The monoisotopic (exact) mass is 306 g/mol. The number of carbonyl (C=O) groups excluding carboxylic acids is 1. The number of hydrogen-bond donors (Lipinski definition) is 1. The number of nitrogens with one attached hydrogen (secondary N) is 1. The molecule has 3 nitrogen and oxygen atoms in total. The van der Waals surface area contributed by atoms with Crippen molar-refractivity contribution in [3.63, 3.8) is 0 Å². The van der Waals surface area contributed by atoms with Gasteiger partial charge < -0.3 is 10.2 Å². The summed E-state index contributed by atoms with van der Waals surface area (Å²) in [6.45, 7) is 2.71. The van der Waals surface area contributed by atoms with Gasteiger partial charge in [-0.25, -0.2) is 0 Å². The lowest BCUT2D eigenvalue weighted by Gasteiger charge is -2.37. The van der Waals surface area contributed by atoms with Crippen molar-refractivity contribution in [2.45, 2.75) is 44.1 Å². The van der Waals surface area contributed by atoms with Crippen LogP contribution in [0.25, 0.3) is 0 Å². The summed E-state index contributed by atoms with van der Waals surface area (Å²) < 4.78 is 0. The van der Waals surface area contributed by atoms with Gasteiger partial charge in [-0.3, -0.25) is 4.79 Å². The van der Waals surface area contributed by atoms with Gasteiger partial charge in [-0.2, -0.15) is 0 Å². The fourth-order valence-corrected chi connectivity index (χ4v) is 3.64. The Bertz CT molecular complexity index is 493. The summed E-state index contributed by atoms with van der Waals surface area (Å²) >= 11 is 6.23. The molecule has 114 valence electrons. The summed E-state index contributed by atoms with van der Waals surface area (Å²) in [5.41, 5.74) is 1.27. The molecule has 1 heterocycles. The van der Waals surface area contributed by atoms with Crippen LogP contribution in [-0.2, 0) is 4.79 Å². The zero-order valence-corrected chi connectivity index (χ0v) is 13.1. The van der Waals surface area contributed by atoms with E-state index in [2.05, 4.69) is 17.4 Å². The first-order chi connectivity index (χ1) is 10.2. The number of amides is 1. The summed E-state index contributed by atoms with van der Waals surface area (Å²) in [6.07, 6.45) is 5.22. The molecule has 2 fully saturated rings. The Morgan fingerprint density at radius 1 is 1.24 bits per heavy atom. The van der Waals surface area contributed by atoms with E-state index in [0.717, 1.165) is 37.5 Å². The maximum Gasteiger partial charge on any atom is 0.223 e. The summed E-state index contributed by atoms with van der Waals surface area (Å²) in [5.74, 6) is 0.882. The number of likely N-dealkylation sites (tertiary alicyclic amines) is 1. The third-order valence-corrected chi connectivity index (χ3v) is 5.06. The van der Waals surface area contributed by atoms with Gasteiger partial charge in [0, 0.05) is 37.1 Å². The van der Waals surface area contributed by atoms with Gasteiger partial charge in [0.15, 0.2) is 0 Å². The first-order valence-electron chi connectivity index (χ1n) is 7.99. The van der Waals surface area contributed by atoms with Crippen molar-refractivity contribution in [1.29, 1.82) is 0 Å². The van der Waals surface area contributed by atoms with Crippen molar-refractivity contribution in [3.05, 3.63) is 34.9 Å². The molecule has 2 aliphatic rings. The van der Waals surface area contributed by atoms with Crippen LogP contribution >= 0.6 is 11.6 Å². The number of hydrogen-bond acceptors (Lipinski definition) is 2. The zero-order chi connectivity index (χ0) is 14.7. The highest BCUT2D eigenvalue weighted by atomic mass is 35.5. The van der Waals surface area contributed by atoms with E-state index in [1.807, 2.05) is 17.0 Å². The molecule has 1 saturated heterocycles. The van der Waals surface area contributed by atoms with Gasteiger partial charge in [-0.15, -0.1) is 0 Å². The second kappa shape index (κ2) is 6.80. The Morgan fingerprint density at radius 3 is 2.67 bits per heavy atom. The van der Waals surface area contributed by atoms with Crippen LogP contribution in [0, 0.1) is 0 Å². The molecule has 0 atom stereocenters. The van der Waals surface area contributed by atoms with Crippen molar-refractivity contribution >= 4 is 17.5 Å². The molecule has 1 amide bonds. The van der Waals surface area contributed by atoms with E-state index in [0.29, 0.717) is 24.3 Å². The second-order valence-corrected chi connectivity index (χ2v) is 6.59. The van der Waals surface area contributed by atoms with Crippen molar-refractivity contribution in [1.82, 2.24) is 10.2 Å². The van der Waals surface area contributed by atoms with Crippen LogP contribution < -0.4 is 5.32 Å². The van der Waals surface area contributed by atoms with Gasteiger partial charge >= 0.3 is 0 Å². The summed E-state index contributed by atoms with van der Waals surface area (Å²) in [4.78, 5) is 13.9. The predicted molar refractivity (Wildman–Crippen MR) is 85.6 cm³/mol. The van der Waals surface area contributed by atoms with E-state index in [-0.39, 0.29) is 0 Å². The lowest BCUT2D eigenvalue weighted by Crippen LogP contribution is -2.42. The molecule has 1 aromatic carbocycles. The van der Waals surface area contributed by atoms with Crippen molar-refractivity contribution in [3.8, 4) is 0 Å². The molecule has 4 heteroatoms. The molecule has 0 bridgehead atoms. The SMILES string of the molecule is O=C(CCNC1CC(c2ccccc2Cl)C1)N1CCCC1. The molecule has 0 radical (unpaired) electrons. The summed E-state index contributed by atoms with van der Waals surface area (Å²) in [5, 5.41) is 4.38. The van der Waals surface area contributed by atoms with E-state index in [1.54, 1.807) is 0 Å². The molecule has 1 aromatic rings. The molecule has 0 unspecified atom stereocenters. The van der Waals surface area contributed by atoms with Gasteiger partial charge in [-0.05, 0) is 43.2 Å². The number of nitrogens with zero attached hydrogens (tertiary/aromatic N) is 1. The van der Waals surface area contributed by atoms with Gasteiger partial charge in [0.1, 0.15) is 0 Å². The molecule has 0 aromatic heterocycles. The smallest absolute Gasteiger partial charge is 0.223 e. The van der Waals surface area contributed by atoms with E-state index in [1.165, 1.54) is 18.4 Å². The van der Waals surface area contributed by atoms with Gasteiger partial charge in [-0.1, -0.05) is 29.8 Å². The van der Waals surface area contributed by atoms with Crippen LogP contribution in [0.4, 0.5) is 0 Å². The standard InChI is InChI=1S/C17H23ClN2O/c18-16-6-2-1-5-15(16)13-11-14(12-13)19-8-7-17(21)20-9-3-4-10-20/h1-2,5-6,13-14,19H,3-4,7-12H2. The predicted octanol–water partition coefficient (Wildman–Crippen LogP) is 3.19. The van der Waals surface area contributed by atoms with Gasteiger partial charge in [0.2, 0.25) is 5.91 Å². The molecule has 1 N–H and O–H groups in total. The Hall–Kier alpha value is -1.06. The molecule has 21 heavy (non-hydrogen) atoms. The maximum absolute atomic E-state index is 11.9. The highest BCUT2D eigenvalue weighted by Gasteiger charge is 2.31. The second-order valence-electron chi connectivity index (χ2n) is 6.18. The minimum absolute atomic E-state index is 0.307. The van der Waals surface area contributed by atoms with Crippen LogP contribution in [0.1, 0.15) is 43.6 Å². The molecular weight excluding hydrogens is 284 g/mol.